The number of nitrogens with zero attached hydrogens (tertiary/aromatic N) is 2. The highest BCUT2D eigenvalue weighted by Crippen LogP contribution is 2.28. The van der Waals surface area contributed by atoms with Crippen molar-refractivity contribution in [2.24, 2.45) is 0 Å². The summed E-state index contributed by atoms with van der Waals surface area (Å²) >= 11 is 12.2. The van der Waals surface area contributed by atoms with Gasteiger partial charge < -0.3 is 14.6 Å². The van der Waals surface area contributed by atoms with Crippen LogP contribution in [0.25, 0.3) is 11.0 Å². The van der Waals surface area contributed by atoms with Crippen LogP contribution < -0.4 is 10.1 Å². The molecule has 0 aliphatic heterocycles. The SMILES string of the molecule is CCc1ccccc1NC(=O)Cn1c(COc2ccc(Cl)cc2Cl)nc2ccccc21. The molecule has 1 amide bonds. The lowest BCUT2D eigenvalue weighted by atomic mass is 10.1. The van der Waals surface area contributed by atoms with Crippen LogP contribution in [0.1, 0.15) is 18.3 Å². The van der Waals surface area contributed by atoms with Crippen LogP contribution in [0.4, 0.5) is 5.69 Å². The van der Waals surface area contributed by atoms with Crippen molar-refractivity contribution in [1.29, 1.82) is 0 Å². The molecule has 0 radical (unpaired) electrons. The van der Waals surface area contributed by atoms with Crippen molar-refractivity contribution >= 4 is 45.8 Å². The monoisotopic (exact) mass is 453 g/mol. The first-order valence-electron chi connectivity index (χ1n) is 9.95. The van der Waals surface area contributed by atoms with Crippen molar-refractivity contribution < 1.29 is 9.53 Å². The van der Waals surface area contributed by atoms with E-state index in [1.165, 1.54) is 0 Å². The Bertz CT molecular complexity index is 1240. The molecular weight excluding hydrogens is 433 g/mol. The number of fused-ring (bicyclic) bond motifs is 1. The van der Waals surface area contributed by atoms with Crippen molar-refractivity contribution in [2.75, 3.05) is 5.32 Å². The number of imidazole rings is 1. The van der Waals surface area contributed by atoms with E-state index in [0.29, 0.717) is 21.6 Å². The van der Waals surface area contributed by atoms with Gasteiger partial charge in [0.05, 0.1) is 16.1 Å². The molecule has 0 unspecified atom stereocenters. The van der Waals surface area contributed by atoms with Gasteiger partial charge in [-0.25, -0.2) is 4.98 Å². The molecule has 1 aromatic heterocycles. The van der Waals surface area contributed by atoms with Crippen LogP contribution in [0.5, 0.6) is 5.75 Å². The lowest BCUT2D eigenvalue weighted by Gasteiger charge is -2.13. The molecule has 0 spiro atoms. The number of hydrogen-bond donors (Lipinski definition) is 1. The third kappa shape index (κ3) is 4.84. The van der Waals surface area contributed by atoms with Crippen molar-refractivity contribution in [2.45, 2.75) is 26.5 Å². The summed E-state index contributed by atoms with van der Waals surface area (Å²) in [6, 6.07) is 20.5. The summed E-state index contributed by atoms with van der Waals surface area (Å²) in [7, 11) is 0. The van der Waals surface area contributed by atoms with Gasteiger partial charge in [0.2, 0.25) is 5.91 Å². The van der Waals surface area contributed by atoms with E-state index in [-0.39, 0.29) is 19.1 Å². The van der Waals surface area contributed by atoms with Crippen molar-refractivity contribution in [3.05, 3.63) is 88.2 Å². The lowest BCUT2D eigenvalue weighted by Crippen LogP contribution is -2.21. The largest absolute Gasteiger partial charge is 0.484 e. The topological polar surface area (TPSA) is 56.2 Å². The summed E-state index contributed by atoms with van der Waals surface area (Å²) < 4.78 is 7.74. The number of hydrogen-bond acceptors (Lipinski definition) is 3. The van der Waals surface area contributed by atoms with Crippen LogP contribution in [-0.4, -0.2) is 15.5 Å². The number of halogens is 2. The fraction of sp³-hybridized carbons (Fsp3) is 0.167. The quantitative estimate of drug-likeness (QED) is 0.366. The van der Waals surface area contributed by atoms with E-state index in [0.717, 1.165) is 28.7 Å². The maximum Gasteiger partial charge on any atom is 0.244 e. The number of rotatable bonds is 7. The number of ether oxygens (including phenoxy) is 1. The number of nitrogens with one attached hydrogen (secondary N) is 1. The molecule has 31 heavy (non-hydrogen) atoms. The second kappa shape index (κ2) is 9.41. The lowest BCUT2D eigenvalue weighted by molar-refractivity contribution is -0.116. The second-order valence-electron chi connectivity index (χ2n) is 7.03. The Kier molecular flexibility index (Phi) is 6.44. The van der Waals surface area contributed by atoms with Crippen LogP contribution in [-0.2, 0) is 24.4 Å². The highest BCUT2D eigenvalue weighted by Gasteiger charge is 2.15. The number of carbonyl (C=O) groups excluding carboxylic acids is 1. The number of benzene rings is 3. The predicted molar refractivity (Wildman–Crippen MR) is 125 cm³/mol. The van der Waals surface area contributed by atoms with Gasteiger partial charge in [-0.05, 0) is 48.4 Å². The van der Waals surface area contributed by atoms with Gasteiger partial charge in [0, 0.05) is 10.7 Å². The Labute approximate surface area is 190 Å². The number of aromatic nitrogens is 2. The Hall–Kier alpha value is -3.02. The van der Waals surface area contributed by atoms with Gasteiger partial charge in [-0.15, -0.1) is 0 Å². The molecule has 0 aliphatic carbocycles. The Morgan fingerprint density at radius 1 is 1.06 bits per heavy atom. The van der Waals surface area contributed by atoms with Gasteiger partial charge in [-0.1, -0.05) is 60.5 Å². The molecule has 5 nitrogen and oxygen atoms in total. The van der Waals surface area contributed by atoms with E-state index in [2.05, 4.69) is 17.2 Å². The Morgan fingerprint density at radius 3 is 2.65 bits per heavy atom. The number of amides is 1. The fourth-order valence-electron chi connectivity index (χ4n) is 3.43. The van der Waals surface area contributed by atoms with Crippen molar-refractivity contribution in [3.8, 4) is 5.75 Å². The molecular formula is C24H21Cl2N3O2. The smallest absolute Gasteiger partial charge is 0.244 e. The first-order valence-corrected chi connectivity index (χ1v) is 10.7. The van der Waals surface area contributed by atoms with E-state index < -0.39 is 0 Å². The molecule has 7 heteroatoms. The van der Waals surface area contributed by atoms with Crippen molar-refractivity contribution in [1.82, 2.24) is 9.55 Å². The van der Waals surface area contributed by atoms with Crippen LogP contribution in [0.2, 0.25) is 10.0 Å². The van der Waals surface area contributed by atoms with Gasteiger partial charge in [0.1, 0.15) is 24.7 Å². The minimum absolute atomic E-state index is 0.117. The molecule has 0 bridgehead atoms. The summed E-state index contributed by atoms with van der Waals surface area (Å²) in [6.45, 7) is 2.34. The summed E-state index contributed by atoms with van der Waals surface area (Å²) in [4.78, 5) is 17.5. The van der Waals surface area contributed by atoms with Gasteiger partial charge in [-0.3, -0.25) is 4.79 Å². The predicted octanol–water partition coefficient (Wildman–Crippen LogP) is 6.12. The molecule has 0 saturated heterocycles. The third-order valence-corrected chi connectivity index (χ3v) is 5.49. The average Bonchev–Trinajstić information content (AvgIpc) is 3.11. The minimum Gasteiger partial charge on any atom is -0.484 e. The van der Waals surface area contributed by atoms with Crippen LogP contribution in [0.3, 0.4) is 0 Å². The van der Waals surface area contributed by atoms with Gasteiger partial charge in [0.25, 0.3) is 0 Å². The zero-order valence-corrected chi connectivity index (χ0v) is 18.5. The normalized spacial score (nSPS) is 10.9. The molecule has 0 saturated carbocycles. The number of anilines is 1. The standard InChI is InChI=1S/C24H21Cl2N3O2/c1-2-16-7-3-4-8-19(16)28-24(30)14-29-21-10-6-5-9-20(21)27-23(29)15-31-22-12-11-17(25)13-18(22)26/h3-13H,2,14-15H2,1H3,(H,28,30). The Morgan fingerprint density at radius 2 is 1.84 bits per heavy atom. The first-order chi connectivity index (χ1) is 15.0. The zero-order valence-electron chi connectivity index (χ0n) is 16.9. The molecule has 0 atom stereocenters. The highest BCUT2D eigenvalue weighted by molar-refractivity contribution is 6.35. The molecule has 1 N–H and O–H groups in total. The third-order valence-electron chi connectivity index (χ3n) is 4.96. The number of para-hydroxylation sites is 3. The molecule has 3 aromatic carbocycles. The molecule has 4 aromatic rings. The first kappa shape index (κ1) is 21.2. The van der Waals surface area contributed by atoms with Crippen LogP contribution in [0, 0.1) is 0 Å². The number of carbonyl (C=O) groups is 1. The molecule has 0 fully saturated rings. The Balaban J connectivity index is 1.58. The van der Waals surface area contributed by atoms with E-state index >= 15 is 0 Å². The summed E-state index contributed by atoms with van der Waals surface area (Å²) in [5.41, 5.74) is 3.57. The van der Waals surface area contributed by atoms with Crippen molar-refractivity contribution in [3.63, 3.8) is 0 Å². The summed E-state index contributed by atoms with van der Waals surface area (Å²) in [5, 5.41) is 3.97. The number of aryl methyl sites for hydroxylation is 1. The van der Waals surface area contributed by atoms with E-state index in [4.69, 9.17) is 27.9 Å². The maximum absolute atomic E-state index is 12.9. The highest BCUT2D eigenvalue weighted by atomic mass is 35.5. The summed E-state index contributed by atoms with van der Waals surface area (Å²) in [6.07, 6.45) is 0.839. The van der Waals surface area contributed by atoms with E-state index in [1.807, 2.05) is 53.1 Å². The second-order valence-corrected chi connectivity index (χ2v) is 7.87. The van der Waals surface area contributed by atoms with Crippen LogP contribution >= 0.6 is 23.2 Å². The molecule has 0 aliphatic rings. The minimum atomic E-state index is -0.130. The fourth-order valence-corrected chi connectivity index (χ4v) is 3.89. The molecule has 158 valence electrons. The van der Waals surface area contributed by atoms with Gasteiger partial charge in [-0.2, -0.15) is 0 Å². The van der Waals surface area contributed by atoms with Gasteiger partial charge >= 0.3 is 0 Å². The van der Waals surface area contributed by atoms with Crippen LogP contribution in [0.15, 0.2) is 66.7 Å². The van der Waals surface area contributed by atoms with Gasteiger partial charge in [0.15, 0.2) is 0 Å². The van der Waals surface area contributed by atoms with E-state index in [1.54, 1.807) is 18.2 Å². The molecule has 4 rings (SSSR count). The zero-order chi connectivity index (χ0) is 21.8. The maximum atomic E-state index is 12.9. The average molecular weight is 454 g/mol. The van der Waals surface area contributed by atoms with E-state index in [9.17, 15) is 4.79 Å². The summed E-state index contributed by atoms with van der Waals surface area (Å²) in [5.74, 6) is 1.01. The molecule has 1 heterocycles.